The second-order valence-electron chi connectivity index (χ2n) is 4.42. The number of hydrogen-bond donors (Lipinski definition) is 2. The zero-order valence-corrected chi connectivity index (χ0v) is 13.3. The number of thiazole rings is 1. The molecule has 1 heterocycles. The number of anilines is 1. The summed E-state index contributed by atoms with van der Waals surface area (Å²) in [6.07, 6.45) is 1.36. The van der Waals surface area contributed by atoms with Gasteiger partial charge < -0.3 is 10.6 Å². The van der Waals surface area contributed by atoms with Gasteiger partial charge in [0.25, 0.3) is 5.91 Å². The summed E-state index contributed by atoms with van der Waals surface area (Å²) in [6, 6.07) is 8.99. The molecule has 0 aliphatic heterocycles. The van der Waals surface area contributed by atoms with Crippen LogP contribution in [0.25, 0.3) is 0 Å². The van der Waals surface area contributed by atoms with Gasteiger partial charge in [-0.3, -0.25) is 4.79 Å². The Kier molecular flexibility index (Phi) is 5.53. The SMILES string of the molecule is Cc1csc(N/C=C(/C#N)C(=O)NCc2ccc(Cl)cc2)n1. The molecule has 1 aromatic carbocycles. The van der Waals surface area contributed by atoms with Gasteiger partial charge in [-0.15, -0.1) is 11.3 Å². The highest BCUT2D eigenvalue weighted by atomic mass is 35.5. The summed E-state index contributed by atoms with van der Waals surface area (Å²) in [5, 5.41) is 17.7. The first kappa shape index (κ1) is 16.0. The molecule has 0 saturated heterocycles. The monoisotopic (exact) mass is 332 g/mol. The Morgan fingerprint density at radius 3 is 2.77 bits per heavy atom. The number of carbonyl (C=O) groups is 1. The first-order chi connectivity index (χ1) is 10.6. The Hall–Kier alpha value is -2.36. The van der Waals surface area contributed by atoms with E-state index in [1.165, 1.54) is 17.5 Å². The lowest BCUT2D eigenvalue weighted by Crippen LogP contribution is -2.24. The molecule has 0 atom stereocenters. The maximum atomic E-state index is 12.0. The third-order valence-electron chi connectivity index (χ3n) is 2.69. The van der Waals surface area contributed by atoms with Gasteiger partial charge in [0, 0.05) is 23.1 Å². The minimum absolute atomic E-state index is 0.0122. The molecule has 0 bridgehead atoms. The van der Waals surface area contributed by atoms with Crippen LogP contribution in [0.15, 0.2) is 41.4 Å². The number of halogens is 1. The van der Waals surface area contributed by atoms with Crippen molar-refractivity contribution in [1.29, 1.82) is 5.26 Å². The van der Waals surface area contributed by atoms with Crippen molar-refractivity contribution in [2.75, 3.05) is 5.32 Å². The van der Waals surface area contributed by atoms with Crippen LogP contribution in [0.1, 0.15) is 11.3 Å². The number of nitrogens with zero attached hydrogens (tertiary/aromatic N) is 2. The average molecular weight is 333 g/mol. The van der Waals surface area contributed by atoms with Crippen molar-refractivity contribution in [2.24, 2.45) is 0 Å². The number of nitriles is 1. The molecule has 1 aromatic heterocycles. The van der Waals surface area contributed by atoms with Crippen molar-refractivity contribution in [3.8, 4) is 6.07 Å². The number of rotatable bonds is 5. The van der Waals surface area contributed by atoms with E-state index in [0.29, 0.717) is 16.7 Å². The van der Waals surface area contributed by atoms with Crippen LogP contribution in [0.3, 0.4) is 0 Å². The second kappa shape index (κ2) is 7.59. The lowest BCUT2D eigenvalue weighted by atomic mass is 10.2. The van der Waals surface area contributed by atoms with E-state index in [1.807, 2.05) is 30.5 Å². The number of nitrogens with one attached hydrogen (secondary N) is 2. The van der Waals surface area contributed by atoms with Gasteiger partial charge in [0.1, 0.15) is 11.6 Å². The molecule has 2 N–H and O–H groups in total. The topological polar surface area (TPSA) is 77.8 Å². The number of carbonyl (C=O) groups excluding carboxylic acids is 1. The van der Waals surface area contributed by atoms with E-state index in [1.54, 1.807) is 12.1 Å². The number of amides is 1. The molecular weight excluding hydrogens is 320 g/mol. The van der Waals surface area contributed by atoms with Crippen LogP contribution in [-0.4, -0.2) is 10.9 Å². The highest BCUT2D eigenvalue weighted by Gasteiger charge is 2.08. The first-order valence-electron chi connectivity index (χ1n) is 6.40. The van der Waals surface area contributed by atoms with E-state index in [9.17, 15) is 4.79 Å². The van der Waals surface area contributed by atoms with Crippen LogP contribution < -0.4 is 10.6 Å². The van der Waals surface area contributed by atoms with Crippen LogP contribution in [-0.2, 0) is 11.3 Å². The number of aryl methyl sites for hydroxylation is 1. The van der Waals surface area contributed by atoms with Gasteiger partial charge in [0.15, 0.2) is 5.13 Å². The molecule has 0 radical (unpaired) electrons. The summed E-state index contributed by atoms with van der Waals surface area (Å²) in [7, 11) is 0. The Labute approximate surface area is 137 Å². The molecule has 0 aliphatic rings. The van der Waals surface area contributed by atoms with Gasteiger partial charge >= 0.3 is 0 Å². The minimum Gasteiger partial charge on any atom is -0.347 e. The van der Waals surface area contributed by atoms with Gasteiger partial charge in [-0.05, 0) is 24.6 Å². The average Bonchev–Trinajstić information content (AvgIpc) is 2.93. The van der Waals surface area contributed by atoms with Gasteiger partial charge in [0.2, 0.25) is 0 Å². The predicted molar refractivity (Wildman–Crippen MR) is 87.5 cm³/mol. The molecule has 112 valence electrons. The maximum absolute atomic E-state index is 12.0. The summed E-state index contributed by atoms with van der Waals surface area (Å²) in [6.45, 7) is 2.20. The van der Waals surface area contributed by atoms with E-state index in [0.717, 1.165) is 11.3 Å². The molecule has 0 unspecified atom stereocenters. The highest BCUT2D eigenvalue weighted by molar-refractivity contribution is 7.13. The summed E-state index contributed by atoms with van der Waals surface area (Å²) in [5.74, 6) is -0.446. The summed E-state index contributed by atoms with van der Waals surface area (Å²) in [4.78, 5) is 16.1. The van der Waals surface area contributed by atoms with Crippen molar-refractivity contribution >= 4 is 34.0 Å². The fraction of sp³-hybridized carbons (Fsp3) is 0.133. The van der Waals surface area contributed by atoms with E-state index in [2.05, 4.69) is 15.6 Å². The lowest BCUT2D eigenvalue weighted by Gasteiger charge is -2.04. The fourth-order valence-electron chi connectivity index (χ4n) is 1.58. The smallest absolute Gasteiger partial charge is 0.263 e. The predicted octanol–water partition coefficient (Wildman–Crippen LogP) is 3.24. The van der Waals surface area contributed by atoms with Crippen LogP contribution in [0, 0.1) is 18.3 Å². The highest BCUT2D eigenvalue weighted by Crippen LogP contribution is 2.14. The molecule has 1 amide bonds. The van der Waals surface area contributed by atoms with Crippen molar-refractivity contribution in [1.82, 2.24) is 10.3 Å². The summed E-state index contributed by atoms with van der Waals surface area (Å²) < 4.78 is 0. The third kappa shape index (κ3) is 4.58. The summed E-state index contributed by atoms with van der Waals surface area (Å²) >= 11 is 7.20. The van der Waals surface area contributed by atoms with Gasteiger partial charge in [-0.1, -0.05) is 23.7 Å². The molecule has 0 spiro atoms. The number of benzene rings is 1. The minimum atomic E-state index is -0.446. The largest absolute Gasteiger partial charge is 0.347 e. The third-order valence-corrected chi connectivity index (χ3v) is 3.83. The standard InChI is InChI=1S/C15H13ClN4OS/c1-10-9-22-15(20-10)19-8-12(6-17)14(21)18-7-11-2-4-13(16)5-3-11/h2-5,8-9H,7H2,1H3,(H,18,21)(H,19,20)/b12-8-. The van der Waals surface area contributed by atoms with Gasteiger partial charge in [-0.2, -0.15) is 5.26 Å². The van der Waals surface area contributed by atoms with Crippen LogP contribution >= 0.6 is 22.9 Å². The zero-order chi connectivity index (χ0) is 15.9. The fourth-order valence-corrected chi connectivity index (χ4v) is 2.37. The Balaban J connectivity index is 1.94. The molecular formula is C15H13ClN4OS. The first-order valence-corrected chi connectivity index (χ1v) is 7.66. The Morgan fingerprint density at radius 2 is 2.18 bits per heavy atom. The zero-order valence-electron chi connectivity index (χ0n) is 11.8. The Bertz CT molecular complexity index is 731. The quantitative estimate of drug-likeness (QED) is 0.651. The van der Waals surface area contributed by atoms with Crippen molar-refractivity contribution in [3.05, 3.63) is 57.7 Å². The Morgan fingerprint density at radius 1 is 1.45 bits per heavy atom. The van der Waals surface area contributed by atoms with Crippen LogP contribution in [0.2, 0.25) is 5.02 Å². The molecule has 2 aromatic rings. The van der Waals surface area contributed by atoms with E-state index < -0.39 is 5.91 Å². The molecule has 7 heteroatoms. The molecule has 2 rings (SSSR count). The molecule has 22 heavy (non-hydrogen) atoms. The van der Waals surface area contributed by atoms with E-state index in [-0.39, 0.29) is 5.57 Å². The van der Waals surface area contributed by atoms with Crippen molar-refractivity contribution in [2.45, 2.75) is 13.5 Å². The summed E-state index contributed by atoms with van der Waals surface area (Å²) in [5.41, 5.74) is 1.77. The molecule has 0 fully saturated rings. The van der Waals surface area contributed by atoms with Gasteiger partial charge in [0.05, 0.1) is 5.69 Å². The molecule has 5 nitrogen and oxygen atoms in total. The lowest BCUT2D eigenvalue weighted by molar-refractivity contribution is -0.117. The van der Waals surface area contributed by atoms with Gasteiger partial charge in [-0.25, -0.2) is 4.98 Å². The molecule has 0 aliphatic carbocycles. The van der Waals surface area contributed by atoms with E-state index >= 15 is 0 Å². The number of hydrogen-bond acceptors (Lipinski definition) is 5. The molecule has 0 saturated carbocycles. The second-order valence-corrected chi connectivity index (χ2v) is 5.71. The van der Waals surface area contributed by atoms with Crippen LogP contribution in [0.5, 0.6) is 0 Å². The van der Waals surface area contributed by atoms with Crippen LogP contribution in [0.4, 0.5) is 5.13 Å². The maximum Gasteiger partial charge on any atom is 0.263 e. The van der Waals surface area contributed by atoms with Crippen molar-refractivity contribution in [3.63, 3.8) is 0 Å². The van der Waals surface area contributed by atoms with Crippen molar-refractivity contribution < 1.29 is 4.79 Å². The normalized spacial score (nSPS) is 10.9. The van der Waals surface area contributed by atoms with E-state index in [4.69, 9.17) is 16.9 Å². The number of aromatic nitrogens is 1.